The molecule has 0 fully saturated rings. The lowest BCUT2D eigenvalue weighted by molar-refractivity contribution is -0.0501. The molecule has 1 amide bonds. The fourth-order valence-corrected chi connectivity index (χ4v) is 2.23. The molecule has 0 bridgehead atoms. The van der Waals surface area contributed by atoms with Crippen molar-refractivity contribution in [3.63, 3.8) is 0 Å². The lowest BCUT2D eigenvalue weighted by Crippen LogP contribution is -2.18. The summed E-state index contributed by atoms with van der Waals surface area (Å²) < 4.78 is 39.8. The van der Waals surface area contributed by atoms with Gasteiger partial charge in [-0.3, -0.25) is 9.59 Å². The molecule has 0 aliphatic rings. The summed E-state index contributed by atoms with van der Waals surface area (Å²) in [5, 5.41) is 0. The number of amides is 1. The minimum absolute atomic E-state index is 0.0474. The monoisotopic (exact) mass is 365 g/mol. The number of methoxy groups -OCH3 is 1. The van der Waals surface area contributed by atoms with E-state index in [0.29, 0.717) is 11.3 Å². The number of alkyl halides is 2. The van der Waals surface area contributed by atoms with Crippen molar-refractivity contribution in [2.24, 2.45) is 5.73 Å². The molecule has 0 aliphatic carbocycles. The quantitative estimate of drug-likeness (QED) is 0.727. The molecule has 2 rings (SSSR count). The van der Waals surface area contributed by atoms with E-state index in [4.69, 9.17) is 15.2 Å². The molecule has 0 radical (unpaired) electrons. The van der Waals surface area contributed by atoms with E-state index in [1.54, 1.807) is 13.0 Å². The molecule has 0 saturated carbocycles. The van der Waals surface area contributed by atoms with Crippen LogP contribution in [0.4, 0.5) is 8.78 Å². The molecule has 0 atom stereocenters. The second kappa shape index (κ2) is 8.28. The maximum atomic E-state index is 12.5. The first-order valence-corrected chi connectivity index (χ1v) is 7.51. The van der Waals surface area contributed by atoms with Gasteiger partial charge in [-0.05, 0) is 31.2 Å². The number of hydrogen-bond donors (Lipinski definition) is 1. The predicted molar refractivity (Wildman–Crippen MR) is 89.1 cm³/mol. The van der Waals surface area contributed by atoms with E-state index in [9.17, 15) is 18.4 Å². The number of carbonyl (C=O) groups excluding carboxylic acids is 2. The highest BCUT2D eigenvalue weighted by Crippen LogP contribution is 2.26. The van der Waals surface area contributed by atoms with Gasteiger partial charge in [0.05, 0.1) is 18.2 Å². The van der Waals surface area contributed by atoms with Gasteiger partial charge in [0.2, 0.25) is 5.78 Å². The Morgan fingerprint density at radius 1 is 1.08 bits per heavy atom. The number of ether oxygens (including phenoxy) is 3. The summed E-state index contributed by atoms with van der Waals surface area (Å²) >= 11 is 0. The standard InChI is InChI=1S/C18H17F2NO5/c1-10-3-6-15(26-18(19)20)13(7-10)14(22)9-25-16-8-11(24-2)4-5-12(16)17(21)23/h3-8,18H,9H2,1-2H3,(H2,21,23). The molecule has 0 spiro atoms. The van der Waals surface area contributed by atoms with Crippen molar-refractivity contribution in [3.05, 3.63) is 53.1 Å². The summed E-state index contributed by atoms with van der Waals surface area (Å²) in [6, 6.07) is 8.57. The summed E-state index contributed by atoms with van der Waals surface area (Å²) in [5.41, 5.74) is 5.98. The zero-order valence-corrected chi connectivity index (χ0v) is 14.1. The van der Waals surface area contributed by atoms with Gasteiger partial charge in [-0.1, -0.05) is 11.6 Å². The second-order valence-electron chi connectivity index (χ2n) is 5.32. The third kappa shape index (κ3) is 4.69. The van der Waals surface area contributed by atoms with Crippen LogP contribution in [-0.2, 0) is 0 Å². The molecule has 2 aromatic rings. The van der Waals surface area contributed by atoms with Crippen LogP contribution in [0, 0.1) is 6.92 Å². The van der Waals surface area contributed by atoms with E-state index in [-0.39, 0.29) is 22.6 Å². The van der Waals surface area contributed by atoms with Crippen molar-refractivity contribution in [3.8, 4) is 17.2 Å². The Hall–Kier alpha value is -3.16. The van der Waals surface area contributed by atoms with Crippen molar-refractivity contribution in [2.45, 2.75) is 13.5 Å². The van der Waals surface area contributed by atoms with Gasteiger partial charge in [-0.2, -0.15) is 8.78 Å². The first-order valence-electron chi connectivity index (χ1n) is 7.51. The summed E-state index contributed by atoms with van der Waals surface area (Å²) in [6.07, 6.45) is 0. The molecule has 2 aromatic carbocycles. The van der Waals surface area contributed by atoms with Crippen molar-refractivity contribution < 1.29 is 32.6 Å². The van der Waals surface area contributed by atoms with E-state index in [2.05, 4.69) is 4.74 Å². The zero-order valence-electron chi connectivity index (χ0n) is 14.1. The molecule has 2 N–H and O–H groups in total. The van der Waals surface area contributed by atoms with E-state index in [1.165, 1.54) is 37.4 Å². The van der Waals surface area contributed by atoms with Gasteiger partial charge in [-0.15, -0.1) is 0 Å². The Labute approximate surface area is 148 Å². The van der Waals surface area contributed by atoms with Crippen molar-refractivity contribution >= 4 is 11.7 Å². The summed E-state index contributed by atoms with van der Waals surface area (Å²) in [6.45, 7) is -1.86. The number of nitrogens with two attached hydrogens (primary N) is 1. The Morgan fingerprint density at radius 2 is 1.81 bits per heavy atom. The Kier molecular flexibility index (Phi) is 6.11. The van der Waals surface area contributed by atoms with Crippen molar-refractivity contribution in [1.29, 1.82) is 0 Å². The number of rotatable bonds is 8. The Bertz CT molecular complexity index is 823. The first-order chi connectivity index (χ1) is 12.3. The summed E-state index contributed by atoms with van der Waals surface area (Å²) in [4.78, 5) is 23.9. The number of carbonyl (C=O) groups is 2. The number of Topliss-reactive ketones (excluding diaryl/α,β-unsaturated/α-hetero) is 1. The maximum Gasteiger partial charge on any atom is 0.387 e. The van der Waals surface area contributed by atoms with Crippen LogP contribution >= 0.6 is 0 Å². The molecular weight excluding hydrogens is 348 g/mol. The van der Waals surface area contributed by atoms with Gasteiger partial charge in [0.25, 0.3) is 5.91 Å². The van der Waals surface area contributed by atoms with Crippen LogP contribution in [0.5, 0.6) is 17.2 Å². The van der Waals surface area contributed by atoms with Gasteiger partial charge in [0, 0.05) is 6.07 Å². The number of hydrogen-bond acceptors (Lipinski definition) is 5. The first kappa shape index (κ1) is 19.2. The van der Waals surface area contributed by atoms with Crippen LogP contribution < -0.4 is 19.9 Å². The minimum Gasteiger partial charge on any atom is -0.497 e. The highest BCUT2D eigenvalue weighted by Gasteiger charge is 2.18. The van der Waals surface area contributed by atoms with E-state index in [0.717, 1.165) is 0 Å². The fourth-order valence-electron chi connectivity index (χ4n) is 2.23. The molecular formula is C18H17F2NO5. The van der Waals surface area contributed by atoms with Gasteiger partial charge in [0.15, 0.2) is 6.61 Å². The van der Waals surface area contributed by atoms with Crippen LogP contribution in [0.15, 0.2) is 36.4 Å². The molecule has 0 saturated heterocycles. The second-order valence-corrected chi connectivity index (χ2v) is 5.32. The number of halogens is 2. The molecule has 138 valence electrons. The SMILES string of the molecule is COc1ccc(C(N)=O)c(OCC(=O)c2cc(C)ccc2OC(F)F)c1. The van der Waals surface area contributed by atoms with Crippen molar-refractivity contribution in [1.82, 2.24) is 0 Å². The molecule has 0 unspecified atom stereocenters. The van der Waals surface area contributed by atoms with E-state index < -0.39 is 24.9 Å². The molecule has 0 heterocycles. The average molecular weight is 365 g/mol. The highest BCUT2D eigenvalue weighted by molar-refractivity contribution is 6.00. The van der Waals surface area contributed by atoms with Crippen LogP contribution in [0.3, 0.4) is 0 Å². The van der Waals surface area contributed by atoms with Crippen LogP contribution in [0.25, 0.3) is 0 Å². The molecule has 26 heavy (non-hydrogen) atoms. The van der Waals surface area contributed by atoms with Gasteiger partial charge in [0.1, 0.15) is 17.2 Å². The van der Waals surface area contributed by atoms with Gasteiger partial charge < -0.3 is 19.9 Å². The Morgan fingerprint density at radius 3 is 2.42 bits per heavy atom. The summed E-state index contributed by atoms with van der Waals surface area (Å²) in [5.74, 6) is -1.14. The zero-order chi connectivity index (χ0) is 19.3. The lowest BCUT2D eigenvalue weighted by Gasteiger charge is -2.13. The third-order valence-corrected chi connectivity index (χ3v) is 3.46. The predicted octanol–water partition coefficient (Wildman–Crippen LogP) is 2.97. The number of primary amides is 1. The Balaban J connectivity index is 2.24. The summed E-state index contributed by atoms with van der Waals surface area (Å²) in [7, 11) is 1.43. The molecule has 0 aromatic heterocycles. The topological polar surface area (TPSA) is 87.9 Å². The average Bonchev–Trinajstić information content (AvgIpc) is 2.60. The highest BCUT2D eigenvalue weighted by atomic mass is 19.3. The number of benzene rings is 2. The fraction of sp³-hybridized carbons (Fsp3) is 0.222. The number of ketones is 1. The largest absolute Gasteiger partial charge is 0.497 e. The molecule has 8 heteroatoms. The lowest BCUT2D eigenvalue weighted by atomic mass is 10.1. The minimum atomic E-state index is -3.06. The van der Waals surface area contributed by atoms with Crippen LogP contribution in [-0.4, -0.2) is 32.0 Å². The van der Waals surface area contributed by atoms with Gasteiger partial charge in [-0.25, -0.2) is 0 Å². The van der Waals surface area contributed by atoms with E-state index >= 15 is 0 Å². The third-order valence-electron chi connectivity index (χ3n) is 3.46. The van der Waals surface area contributed by atoms with E-state index in [1.807, 2.05) is 0 Å². The van der Waals surface area contributed by atoms with Crippen LogP contribution in [0.1, 0.15) is 26.3 Å². The van der Waals surface area contributed by atoms with Gasteiger partial charge >= 0.3 is 6.61 Å². The molecule has 6 nitrogen and oxygen atoms in total. The number of aryl methyl sites for hydroxylation is 1. The normalized spacial score (nSPS) is 10.5. The van der Waals surface area contributed by atoms with Crippen LogP contribution in [0.2, 0.25) is 0 Å². The smallest absolute Gasteiger partial charge is 0.387 e. The van der Waals surface area contributed by atoms with Crippen molar-refractivity contribution in [2.75, 3.05) is 13.7 Å². The maximum absolute atomic E-state index is 12.5. The molecule has 0 aliphatic heterocycles.